The Labute approximate surface area is 121 Å². The van der Waals surface area contributed by atoms with Crippen LogP contribution < -0.4 is 4.90 Å². The average Bonchev–Trinajstić information content (AvgIpc) is 2.37. The maximum atomic E-state index is 12.8. The number of alkyl halides is 3. The van der Waals surface area contributed by atoms with Gasteiger partial charge in [0.2, 0.25) is 0 Å². The lowest BCUT2D eigenvalue weighted by atomic mass is 10.1. The highest BCUT2D eigenvalue weighted by molar-refractivity contribution is 9.10. The average molecular weight is 353 g/mol. The van der Waals surface area contributed by atoms with Crippen LogP contribution in [0.1, 0.15) is 5.56 Å². The van der Waals surface area contributed by atoms with E-state index in [0.29, 0.717) is 23.2 Å². The first-order chi connectivity index (χ1) is 9.27. The van der Waals surface area contributed by atoms with Crippen molar-refractivity contribution in [1.29, 1.82) is 0 Å². The van der Waals surface area contributed by atoms with E-state index in [1.165, 1.54) is 4.90 Å². The number of piperazine rings is 1. The number of rotatable bonds is 1. The van der Waals surface area contributed by atoms with Gasteiger partial charge in [-0.1, -0.05) is 15.9 Å². The van der Waals surface area contributed by atoms with Crippen LogP contribution in [0.3, 0.4) is 0 Å². The van der Waals surface area contributed by atoms with Crippen LogP contribution >= 0.6 is 15.9 Å². The van der Waals surface area contributed by atoms with E-state index in [-0.39, 0.29) is 13.1 Å². The van der Waals surface area contributed by atoms with Gasteiger partial charge < -0.3 is 14.9 Å². The molecule has 1 N–H and O–H groups in total. The standard InChI is InChI=1S/C12H12BrF3N2O2/c13-9-5-8(12(14,15)16)6-10(7-9)17-1-3-18(4-2-17)11(19)20/h5-7H,1-4H2,(H,19,20). The van der Waals surface area contributed by atoms with Gasteiger partial charge in [0.25, 0.3) is 0 Å². The van der Waals surface area contributed by atoms with E-state index >= 15 is 0 Å². The minimum Gasteiger partial charge on any atom is -0.465 e. The minimum absolute atomic E-state index is 0.281. The number of hydrogen-bond acceptors (Lipinski definition) is 2. The zero-order chi connectivity index (χ0) is 14.9. The molecule has 1 heterocycles. The quantitative estimate of drug-likeness (QED) is 0.843. The van der Waals surface area contributed by atoms with Crippen molar-refractivity contribution < 1.29 is 23.1 Å². The Morgan fingerprint density at radius 3 is 2.25 bits per heavy atom. The molecule has 1 amide bonds. The highest BCUT2D eigenvalue weighted by Gasteiger charge is 2.32. The highest BCUT2D eigenvalue weighted by atomic mass is 79.9. The maximum absolute atomic E-state index is 12.8. The maximum Gasteiger partial charge on any atom is 0.416 e. The van der Waals surface area contributed by atoms with E-state index in [1.807, 2.05) is 0 Å². The van der Waals surface area contributed by atoms with E-state index in [2.05, 4.69) is 15.9 Å². The van der Waals surface area contributed by atoms with Gasteiger partial charge >= 0.3 is 12.3 Å². The van der Waals surface area contributed by atoms with Crippen LogP contribution in [0.2, 0.25) is 0 Å². The zero-order valence-corrected chi connectivity index (χ0v) is 11.9. The first kappa shape index (κ1) is 15.0. The summed E-state index contributed by atoms with van der Waals surface area (Å²) in [5.74, 6) is 0. The molecule has 0 atom stereocenters. The molecule has 1 aromatic carbocycles. The Morgan fingerprint density at radius 1 is 1.15 bits per heavy atom. The molecule has 1 aliphatic rings. The van der Waals surface area contributed by atoms with Gasteiger partial charge in [-0.05, 0) is 18.2 Å². The Morgan fingerprint density at radius 2 is 1.75 bits per heavy atom. The summed E-state index contributed by atoms with van der Waals surface area (Å²) in [6, 6.07) is 3.71. The summed E-state index contributed by atoms with van der Waals surface area (Å²) in [6.07, 6.45) is -5.41. The fourth-order valence-electron chi connectivity index (χ4n) is 2.08. The lowest BCUT2D eigenvalue weighted by Gasteiger charge is -2.35. The minimum atomic E-state index is -4.40. The predicted octanol–water partition coefficient (Wildman–Crippen LogP) is 3.27. The number of halogens is 4. The van der Waals surface area contributed by atoms with Crippen molar-refractivity contribution in [3.8, 4) is 0 Å². The third-order valence-corrected chi connectivity index (χ3v) is 3.58. The Kier molecular flexibility index (Phi) is 4.12. The van der Waals surface area contributed by atoms with Crippen LogP contribution in [0.4, 0.5) is 23.7 Å². The van der Waals surface area contributed by atoms with Crippen molar-refractivity contribution >= 4 is 27.7 Å². The lowest BCUT2D eigenvalue weighted by Crippen LogP contribution is -2.48. The molecule has 0 aliphatic carbocycles. The Hall–Kier alpha value is -1.44. The molecule has 0 unspecified atom stereocenters. The summed E-state index contributed by atoms with van der Waals surface area (Å²) in [4.78, 5) is 13.8. The predicted molar refractivity (Wildman–Crippen MR) is 71.0 cm³/mol. The lowest BCUT2D eigenvalue weighted by molar-refractivity contribution is -0.137. The van der Waals surface area contributed by atoms with Gasteiger partial charge in [-0.3, -0.25) is 0 Å². The monoisotopic (exact) mass is 352 g/mol. The summed E-state index contributed by atoms with van der Waals surface area (Å²) in [5, 5.41) is 8.84. The molecule has 1 aliphatic heterocycles. The SMILES string of the molecule is O=C(O)N1CCN(c2cc(Br)cc(C(F)(F)F)c2)CC1. The number of amides is 1. The number of carbonyl (C=O) groups is 1. The van der Waals surface area contributed by atoms with Crippen LogP contribution in [0.5, 0.6) is 0 Å². The fraction of sp³-hybridized carbons (Fsp3) is 0.417. The molecule has 0 spiro atoms. The number of carboxylic acid groups (broad SMARTS) is 1. The molecule has 0 aromatic heterocycles. The van der Waals surface area contributed by atoms with Crippen molar-refractivity contribution in [3.05, 3.63) is 28.2 Å². The molecule has 1 saturated heterocycles. The van der Waals surface area contributed by atoms with E-state index in [1.54, 1.807) is 11.0 Å². The first-order valence-corrected chi connectivity index (χ1v) is 6.67. The summed E-state index contributed by atoms with van der Waals surface area (Å²) >= 11 is 3.08. The molecule has 1 aromatic rings. The van der Waals surface area contributed by atoms with Crippen molar-refractivity contribution in [2.75, 3.05) is 31.1 Å². The molecular formula is C12H12BrF3N2O2. The third kappa shape index (κ3) is 3.36. The van der Waals surface area contributed by atoms with Crippen LogP contribution in [-0.2, 0) is 6.18 Å². The third-order valence-electron chi connectivity index (χ3n) is 3.13. The number of benzene rings is 1. The Balaban J connectivity index is 2.18. The van der Waals surface area contributed by atoms with Crippen molar-refractivity contribution in [3.63, 3.8) is 0 Å². The van der Waals surface area contributed by atoms with Gasteiger partial charge in [0.1, 0.15) is 0 Å². The fourth-order valence-corrected chi connectivity index (χ4v) is 2.56. The molecule has 4 nitrogen and oxygen atoms in total. The van der Waals surface area contributed by atoms with E-state index in [4.69, 9.17) is 5.11 Å². The molecule has 1 fully saturated rings. The van der Waals surface area contributed by atoms with E-state index in [9.17, 15) is 18.0 Å². The molecule has 20 heavy (non-hydrogen) atoms. The highest BCUT2D eigenvalue weighted by Crippen LogP contribution is 2.34. The second-order valence-corrected chi connectivity index (χ2v) is 5.37. The summed E-state index contributed by atoms with van der Waals surface area (Å²) in [6.45, 7) is 1.31. The van der Waals surface area contributed by atoms with Crippen molar-refractivity contribution in [2.45, 2.75) is 6.18 Å². The van der Waals surface area contributed by atoms with Crippen LogP contribution in [0.15, 0.2) is 22.7 Å². The van der Waals surface area contributed by atoms with Gasteiger partial charge in [-0.2, -0.15) is 13.2 Å². The van der Waals surface area contributed by atoms with Crippen molar-refractivity contribution in [2.24, 2.45) is 0 Å². The summed E-state index contributed by atoms with van der Waals surface area (Å²) in [7, 11) is 0. The van der Waals surface area contributed by atoms with E-state index in [0.717, 1.165) is 12.1 Å². The number of anilines is 1. The summed E-state index contributed by atoms with van der Waals surface area (Å²) in [5.41, 5.74) is -0.278. The van der Waals surface area contributed by atoms with Crippen LogP contribution in [0, 0.1) is 0 Å². The van der Waals surface area contributed by atoms with Gasteiger partial charge in [-0.15, -0.1) is 0 Å². The van der Waals surface area contributed by atoms with Gasteiger partial charge in [0, 0.05) is 36.3 Å². The molecule has 0 bridgehead atoms. The largest absolute Gasteiger partial charge is 0.465 e. The van der Waals surface area contributed by atoms with Crippen molar-refractivity contribution in [1.82, 2.24) is 4.90 Å². The molecule has 2 rings (SSSR count). The molecule has 0 saturated carbocycles. The normalized spacial score (nSPS) is 16.4. The van der Waals surface area contributed by atoms with E-state index < -0.39 is 17.8 Å². The first-order valence-electron chi connectivity index (χ1n) is 5.88. The number of nitrogens with zero attached hydrogens (tertiary/aromatic N) is 2. The topological polar surface area (TPSA) is 43.8 Å². The molecule has 110 valence electrons. The van der Waals surface area contributed by atoms with Crippen LogP contribution in [-0.4, -0.2) is 42.3 Å². The second-order valence-electron chi connectivity index (χ2n) is 4.45. The molecular weight excluding hydrogens is 341 g/mol. The van der Waals surface area contributed by atoms with Gasteiger partial charge in [-0.25, -0.2) is 4.79 Å². The summed E-state index contributed by atoms with van der Waals surface area (Å²) < 4.78 is 38.6. The Bertz CT molecular complexity index is 514. The molecule has 8 heteroatoms. The number of hydrogen-bond donors (Lipinski definition) is 1. The zero-order valence-electron chi connectivity index (χ0n) is 10.3. The van der Waals surface area contributed by atoms with Gasteiger partial charge in [0.15, 0.2) is 0 Å². The molecule has 0 radical (unpaired) electrons. The van der Waals surface area contributed by atoms with Crippen LogP contribution in [0.25, 0.3) is 0 Å². The van der Waals surface area contributed by atoms with Gasteiger partial charge in [0.05, 0.1) is 5.56 Å². The smallest absolute Gasteiger partial charge is 0.416 e. The second kappa shape index (κ2) is 5.51.